The molecular weight excluding hydrogens is 524 g/mol. The third-order valence-corrected chi connectivity index (χ3v) is 7.29. The number of ether oxygens (including phenoxy) is 1. The zero-order chi connectivity index (χ0) is 27.6. The predicted molar refractivity (Wildman–Crippen MR) is 135 cm³/mol. The van der Waals surface area contributed by atoms with Gasteiger partial charge < -0.3 is 10.1 Å². The molecule has 200 valence electrons. The molecule has 0 bridgehead atoms. The number of sulfonamides is 1. The topological polar surface area (TPSA) is 170 Å². The Labute approximate surface area is 215 Å². The fourth-order valence-electron chi connectivity index (χ4n) is 3.06. The SMILES string of the molecule is Cc1ccc(S(=O)(=O)CCC(=O)CCC(=O)CCOC(=O)c2ccccc2NC(=O)NS(C)(=O)=O)cc1. The van der Waals surface area contributed by atoms with Gasteiger partial charge in [0.1, 0.15) is 11.6 Å². The zero-order valence-corrected chi connectivity index (χ0v) is 22.0. The van der Waals surface area contributed by atoms with E-state index in [2.05, 4.69) is 5.32 Å². The van der Waals surface area contributed by atoms with Gasteiger partial charge >= 0.3 is 12.0 Å². The number of para-hydroxylation sites is 1. The molecule has 0 aliphatic carbocycles. The number of hydrogen-bond acceptors (Lipinski definition) is 9. The number of hydrogen-bond donors (Lipinski definition) is 2. The second-order valence-corrected chi connectivity index (χ2v) is 12.1. The van der Waals surface area contributed by atoms with Crippen LogP contribution >= 0.6 is 0 Å². The molecular formula is C24H28N2O9S2. The molecule has 0 spiro atoms. The molecule has 0 atom stereocenters. The first-order valence-corrected chi connectivity index (χ1v) is 14.7. The maximum Gasteiger partial charge on any atom is 0.340 e. The first-order valence-electron chi connectivity index (χ1n) is 11.1. The molecule has 2 rings (SSSR count). The van der Waals surface area contributed by atoms with Crippen molar-refractivity contribution in [3.05, 3.63) is 59.7 Å². The smallest absolute Gasteiger partial charge is 0.340 e. The van der Waals surface area contributed by atoms with E-state index in [4.69, 9.17) is 4.74 Å². The second kappa shape index (κ2) is 13.1. The van der Waals surface area contributed by atoms with E-state index in [1.165, 1.54) is 36.4 Å². The Hall–Kier alpha value is -3.58. The molecule has 2 N–H and O–H groups in total. The van der Waals surface area contributed by atoms with Gasteiger partial charge in [0.05, 0.1) is 34.8 Å². The van der Waals surface area contributed by atoms with Crippen LogP contribution in [0.3, 0.4) is 0 Å². The second-order valence-electron chi connectivity index (χ2n) is 8.22. The number of esters is 1. The first kappa shape index (κ1) is 29.6. The number of sulfone groups is 1. The standard InChI is InChI=1S/C24H28N2O9S2/c1-17-7-11-20(12-8-17)37(33,34)16-14-19(28)10-9-18(27)13-15-35-23(29)21-5-3-4-6-22(21)25-24(30)26-36(2,31)32/h3-8,11-12H,9-10,13-16H2,1-2H3,(H2,25,26,30). The fourth-order valence-corrected chi connectivity index (χ4v) is 4.73. The summed E-state index contributed by atoms with van der Waals surface area (Å²) in [5, 5.41) is 2.24. The van der Waals surface area contributed by atoms with Crippen LogP contribution < -0.4 is 10.0 Å². The molecule has 2 aromatic rings. The zero-order valence-electron chi connectivity index (χ0n) is 20.4. The van der Waals surface area contributed by atoms with Crippen molar-refractivity contribution in [2.75, 3.05) is 23.9 Å². The molecule has 0 aliphatic rings. The number of ketones is 2. The monoisotopic (exact) mass is 552 g/mol. The van der Waals surface area contributed by atoms with Gasteiger partial charge in [0, 0.05) is 25.7 Å². The van der Waals surface area contributed by atoms with Crippen LogP contribution in [-0.4, -0.2) is 59.0 Å². The van der Waals surface area contributed by atoms with Crippen molar-refractivity contribution >= 4 is 49.1 Å². The minimum atomic E-state index is -3.81. The Morgan fingerprint density at radius 2 is 1.41 bits per heavy atom. The largest absolute Gasteiger partial charge is 0.462 e. The summed E-state index contributed by atoms with van der Waals surface area (Å²) in [5.74, 6) is -1.91. The molecule has 0 fully saturated rings. The van der Waals surface area contributed by atoms with E-state index >= 15 is 0 Å². The molecule has 37 heavy (non-hydrogen) atoms. The highest BCUT2D eigenvalue weighted by atomic mass is 32.2. The molecule has 0 aromatic heterocycles. The lowest BCUT2D eigenvalue weighted by Crippen LogP contribution is -2.33. The number of Topliss-reactive ketones (excluding diaryl/α,β-unsaturated/α-hetero) is 2. The number of amides is 2. The Morgan fingerprint density at radius 1 is 0.811 bits per heavy atom. The Bertz CT molecular complexity index is 1370. The summed E-state index contributed by atoms with van der Waals surface area (Å²) in [6.45, 7) is 1.55. The highest BCUT2D eigenvalue weighted by Gasteiger charge is 2.18. The number of anilines is 1. The van der Waals surface area contributed by atoms with Crippen molar-refractivity contribution in [3.8, 4) is 0 Å². The number of aryl methyl sites for hydroxylation is 1. The molecule has 0 unspecified atom stereocenters. The summed E-state index contributed by atoms with van der Waals surface area (Å²) in [5.41, 5.74) is 0.867. The Kier molecular flexibility index (Phi) is 10.5. The van der Waals surface area contributed by atoms with E-state index < -0.39 is 31.9 Å². The Morgan fingerprint density at radius 3 is 2.03 bits per heavy atom. The van der Waals surface area contributed by atoms with E-state index in [1.807, 2.05) is 6.92 Å². The lowest BCUT2D eigenvalue weighted by molar-refractivity contribution is -0.124. The van der Waals surface area contributed by atoms with Gasteiger partial charge in [0.2, 0.25) is 10.0 Å². The number of carbonyl (C=O) groups is 4. The number of urea groups is 1. The molecule has 13 heteroatoms. The average molecular weight is 553 g/mol. The van der Waals surface area contributed by atoms with Crippen LogP contribution in [0.25, 0.3) is 0 Å². The van der Waals surface area contributed by atoms with Gasteiger partial charge in [0.15, 0.2) is 9.84 Å². The van der Waals surface area contributed by atoms with Gasteiger partial charge in [0.25, 0.3) is 0 Å². The van der Waals surface area contributed by atoms with Crippen molar-refractivity contribution in [1.29, 1.82) is 0 Å². The molecule has 11 nitrogen and oxygen atoms in total. The van der Waals surface area contributed by atoms with Crippen molar-refractivity contribution in [1.82, 2.24) is 4.72 Å². The van der Waals surface area contributed by atoms with Crippen LogP contribution in [0.1, 0.15) is 41.6 Å². The fraction of sp³-hybridized carbons (Fsp3) is 0.333. The van der Waals surface area contributed by atoms with Crippen LogP contribution in [0, 0.1) is 6.92 Å². The number of nitrogens with one attached hydrogen (secondary N) is 2. The first-order chi connectivity index (χ1) is 17.3. The molecule has 2 aromatic carbocycles. The highest BCUT2D eigenvalue weighted by molar-refractivity contribution is 7.91. The summed E-state index contributed by atoms with van der Waals surface area (Å²) < 4.78 is 53.7. The van der Waals surface area contributed by atoms with Gasteiger partial charge in [-0.05, 0) is 31.2 Å². The summed E-state index contributed by atoms with van der Waals surface area (Å²) in [6, 6.07) is 11.0. The molecule has 0 radical (unpaired) electrons. The van der Waals surface area contributed by atoms with Crippen molar-refractivity contribution in [2.45, 2.75) is 37.5 Å². The lowest BCUT2D eigenvalue weighted by atomic mass is 10.1. The maximum atomic E-state index is 12.4. The number of carbonyl (C=O) groups excluding carboxylic acids is 4. The van der Waals surface area contributed by atoms with Crippen LogP contribution in [0.15, 0.2) is 53.4 Å². The Balaban J connectivity index is 1.77. The van der Waals surface area contributed by atoms with E-state index in [-0.39, 0.29) is 65.8 Å². The summed E-state index contributed by atoms with van der Waals surface area (Å²) in [7, 11) is -7.41. The number of benzene rings is 2. The minimum absolute atomic E-state index is 0.00571. The van der Waals surface area contributed by atoms with Gasteiger partial charge in [-0.3, -0.25) is 9.59 Å². The third-order valence-electron chi connectivity index (χ3n) is 5.00. The van der Waals surface area contributed by atoms with E-state index in [9.17, 15) is 36.0 Å². The molecule has 0 saturated heterocycles. The normalized spacial score (nSPS) is 11.4. The molecule has 0 heterocycles. The number of rotatable bonds is 13. The van der Waals surface area contributed by atoms with Gasteiger partial charge in [-0.25, -0.2) is 31.1 Å². The minimum Gasteiger partial charge on any atom is -0.462 e. The average Bonchev–Trinajstić information content (AvgIpc) is 2.81. The van der Waals surface area contributed by atoms with Gasteiger partial charge in [-0.2, -0.15) is 0 Å². The highest BCUT2D eigenvalue weighted by Crippen LogP contribution is 2.17. The third kappa shape index (κ3) is 10.5. The van der Waals surface area contributed by atoms with Crippen LogP contribution in [0.2, 0.25) is 0 Å². The van der Waals surface area contributed by atoms with Crippen molar-refractivity contribution in [3.63, 3.8) is 0 Å². The van der Waals surface area contributed by atoms with Crippen molar-refractivity contribution in [2.24, 2.45) is 0 Å². The van der Waals surface area contributed by atoms with E-state index in [1.54, 1.807) is 16.9 Å². The van der Waals surface area contributed by atoms with Crippen LogP contribution in [0.5, 0.6) is 0 Å². The molecule has 2 amide bonds. The lowest BCUT2D eigenvalue weighted by Gasteiger charge is -2.11. The molecule has 0 aliphatic heterocycles. The van der Waals surface area contributed by atoms with Gasteiger partial charge in [-0.1, -0.05) is 29.8 Å². The van der Waals surface area contributed by atoms with Crippen LogP contribution in [0.4, 0.5) is 10.5 Å². The molecule has 0 saturated carbocycles. The summed E-state index contributed by atoms with van der Waals surface area (Å²) in [6.07, 6.45) is 0.174. The summed E-state index contributed by atoms with van der Waals surface area (Å²) in [4.78, 5) is 48.4. The van der Waals surface area contributed by atoms with Crippen LogP contribution in [-0.2, 0) is 34.2 Å². The van der Waals surface area contributed by atoms with Crippen molar-refractivity contribution < 1.29 is 40.8 Å². The van der Waals surface area contributed by atoms with E-state index in [0.29, 0.717) is 0 Å². The van der Waals surface area contributed by atoms with Gasteiger partial charge in [-0.15, -0.1) is 0 Å². The predicted octanol–water partition coefficient (Wildman–Crippen LogP) is 2.41. The van der Waals surface area contributed by atoms with E-state index in [0.717, 1.165) is 11.8 Å². The maximum absolute atomic E-state index is 12.4. The summed E-state index contributed by atoms with van der Waals surface area (Å²) >= 11 is 0. The quantitative estimate of drug-likeness (QED) is 0.354.